The Hall–Kier alpha value is -2.53. The number of amides is 1. The predicted octanol–water partition coefficient (Wildman–Crippen LogP) is 2.95. The van der Waals surface area contributed by atoms with Gasteiger partial charge in [-0.15, -0.1) is 0 Å². The van der Waals surface area contributed by atoms with Gasteiger partial charge in [0.2, 0.25) is 10.0 Å². The molecule has 2 heterocycles. The second-order valence-corrected chi connectivity index (χ2v) is 10.8. The van der Waals surface area contributed by atoms with Crippen LogP contribution in [0.4, 0.5) is 0 Å². The minimum atomic E-state index is -3.79. The van der Waals surface area contributed by atoms with Gasteiger partial charge in [0.15, 0.2) is 4.80 Å². The zero-order valence-electron chi connectivity index (χ0n) is 18.9. The maximum absolute atomic E-state index is 13.2. The van der Waals surface area contributed by atoms with Crippen molar-refractivity contribution < 1.29 is 22.7 Å². The van der Waals surface area contributed by atoms with Crippen molar-refractivity contribution in [1.82, 2.24) is 8.87 Å². The topological polar surface area (TPSA) is 90.2 Å². The Bertz CT molecular complexity index is 1330. The number of carbonyl (C=O) groups is 1. The van der Waals surface area contributed by atoms with E-state index in [0.717, 1.165) is 15.8 Å². The van der Waals surface area contributed by atoms with E-state index in [1.165, 1.54) is 15.6 Å². The molecule has 1 amide bonds. The van der Waals surface area contributed by atoms with E-state index in [9.17, 15) is 13.2 Å². The second-order valence-electron chi connectivity index (χ2n) is 7.90. The lowest BCUT2D eigenvalue weighted by molar-refractivity contribution is -0.121. The first kappa shape index (κ1) is 23.6. The molecule has 0 N–H and O–H groups in total. The minimum Gasteiger partial charge on any atom is -0.497 e. The molecule has 1 atom stereocenters. The summed E-state index contributed by atoms with van der Waals surface area (Å²) in [5.74, 6) is 0.263. The van der Waals surface area contributed by atoms with Gasteiger partial charge in [0.25, 0.3) is 5.91 Å². The number of hydrogen-bond donors (Lipinski definition) is 0. The molecule has 3 aromatic rings. The van der Waals surface area contributed by atoms with Gasteiger partial charge in [0.05, 0.1) is 28.8 Å². The molecule has 33 heavy (non-hydrogen) atoms. The normalized spacial score (nSPS) is 17.7. The third-order valence-electron chi connectivity index (χ3n) is 5.73. The van der Waals surface area contributed by atoms with Crippen molar-refractivity contribution in [2.45, 2.75) is 37.2 Å². The Kier molecular flexibility index (Phi) is 6.99. The van der Waals surface area contributed by atoms with Crippen LogP contribution in [0, 0.1) is 6.92 Å². The van der Waals surface area contributed by atoms with E-state index < -0.39 is 22.0 Å². The Balaban J connectivity index is 1.71. The molecule has 0 spiro atoms. The van der Waals surface area contributed by atoms with Crippen LogP contribution in [0.5, 0.6) is 5.75 Å². The van der Waals surface area contributed by atoms with Crippen molar-refractivity contribution in [3.05, 3.63) is 52.8 Å². The molecule has 1 aliphatic rings. The molecule has 1 unspecified atom stereocenters. The first-order valence-corrected chi connectivity index (χ1v) is 12.9. The number of benzene rings is 2. The lowest BCUT2D eigenvalue weighted by Gasteiger charge is -2.21. The number of aryl methyl sites for hydroxylation is 1. The van der Waals surface area contributed by atoms with E-state index in [4.69, 9.17) is 9.47 Å². The number of nitrogens with zero attached hydrogens (tertiary/aromatic N) is 3. The third kappa shape index (κ3) is 4.74. The van der Waals surface area contributed by atoms with Crippen molar-refractivity contribution in [1.29, 1.82) is 0 Å². The first-order valence-electron chi connectivity index (χ1n) is 10.7. The summed E-state index contributed by atoms with van der Waals surface area (Å²) in [7, 11) is -0.567. The van der Waals surface area contributed by atoms with Crippen molar-refractivity contribution in [2.24, 2.45) is 4.99 Å². The van der Waals surface area contributed by atoms with Gasteiger partial charge in [-0.1, -0.05) is 29.0 Å². The molecule has 0 bridgehead atoms. The van der Waals surface area contributed by atoms with E-state index in [0.29, 0.717) is 43.1 Å². The fourth-order valence-corrected chi connectivity index (χ4v) is 6.69. The Morgan fingerprint density at radius 2 is 1.94 bits per heavy atom. The molecule has 1 aliphatic heterocycles. The van der Waals surface area contributed by atoms with E-state index >= 15 is 0 Å². The summed E-state index contributed by atoms with van der Waals surface area (Å²) in [6.45, 7) is 3.17. The molecular weight excluding hydrogens is 462 g/mol. The summed E-state index contributed by atoms with van der Waals surface area (Å²) in [5.41, 5.74) is 1.89. The molecule has 2 aromatic carbocycles. The van der Waals surface area contributed by atoms with E-state index in [1.54, 1.807) is 38.5 Å². The van der Waals surface area contributed by atoms with Crippen LogP contribution in [0.3, 0.4) is 0 Å². The summed E-state index contributed by atoms with van der Waals surface area (Å²) < 4.78 is 41.2. The fourth-order valence-electron chi connectivity index (χ4n) is 3.95. The van der Waals surface area contributed by atoms with Crippen LogP contribution in [0.1, 0.15) is 18.4 Å². The average Bonchev–Trinajstić information content (AvgIpc) is 3.43. The highest BCUT2D eigenvalue weighted by Crippen LogP contribution is 2.28. The molecule has 0 saturated carbocycles. The summed E-state index contributed by atoms with van der Waals surface area (Å²) in [6, 6.07) is 11.6. The van der Waals surface area contributed by atoms with Crippen LogP contribution in [0.15, 0.2) is 52.4 Å². The standard InChI is InChI=1S/C23H27N3O5S2/c1-16-6-9-18(10-7-16)33(28,29)26-12-4-5-20(26)22(27)24-23-25(13-14-30-2)19-11-8-17(31-3)15-21(19)32-23/h6-11,15,20H,4-5,12-14H2,1-3H3. The average molecular weight is 490 g/mol. The monoisotopic (exact) mass is 489 g/mol. The van der Waals surface area contributed by atoms with Crippen molar-refractivity contribution in [2.75, 3.05) is 27.4 Å². The van der Waals surface area contributed by atoms with E-state index in [2.05, 4.69) is 4.99 Å². The number of hydrogen-bond acceptors (Lipinski definition) is 6. The number of ether oxygens (including phenoxy) is 2. The zero-order valence-corrected chi connectivity index (χ0v) is 20.5. The lowest BCUT2D eigenvalue weighted by atomic mass is 10.2. The lowest BCUT2D eigenvalue weighted by Crippen LogP contribution is -2.40. The van der Waals surface area contributed by atoms with Gasteiger partial charge in [-0.2, -0.15) is 9.30 Å². The molecule has 4 rings (SSSR count). The van der Waals surface area contributed by atoms with Crippen LogP contribution in [0.25, 0.3) is 10.2 Å². The number of carbonyl (C=O) groups excluding carboxylic acids is 1. The Labute approximate surface area is 197 Å². The summed E-state index contributed by atoms with van der Waals surface area (Å²) in [6.07, 6.45) is 1.06. The summed E-state index contributed by atoms with van der Waals surface area (Å²) >= 11 is 1.37. The number of rotatable bonds is 7. The molecule has 8 nitrogen and oxygen atoms in total. The van der Waals surface area contributed by atoms with Gasteiger partial charge < -0.3 is 14.0 Å². The highest BCUT2D eigenvalue weighted by molar-refractivity contribution is 7.89. The highest BCUT2D eigenvalue weighted by Gasteiger charge is 2.39. The molecule has 0 radical (unpaired) electrons. The minimum absolute atomic E-state index is 0.192. The Morgan fingerprint density at radius 1 is 1.18 bits per heavy atom. The van der Waals surface area contributed by atoms with Gasteiger partial charge in [-0.05, 0) is 50.1 Å². The summed E-state index contributed by atoms with van der Waals surface area (Å²) in [5, 5.41) is 0. The molecule has 1 aromatic heterocycles. The van der Waals surface area contributed by atoms with E-state index in [1.807, 2.05) is 29.7 Å². The maximum atomic E-state index is 13.2. The molecule has 1 saturated heterocycles. The molecule has 10 heteroatoms. The van der Waals surface area contributed by atoms with Crippen LogP contribution in [0.2, 0.25) is 0 Å². The summed E-state index contributed by atoms with van der Waals surface area (Å²) in [4.78, 5) is 18.4. The van der Waals surface area contributed by atoms with Crippen molar-refractivity contribution in [3.8, 4) is 5.75 Å². The van der Waals surface area contributed by atoms with Crippen LogP contribution >= 0.6 is 11.3 Å². The number of aromatic nitrogens is 1. The van der Waals surface area contributed by atoms with Crippen molar-refractivity contribution in [3.63, 3.8) is 0 Å². The molecule has 176 valence electrons. The maximum Gasteiger partial charge on any atom is 0.266 e. The molecule has 0 aliphatic carbocycles. The second kappa shape index (κ2) is 9.76. The zero-order chi connectivity index (χ0) is 23.6. The highest BCUT2D eigenvalue weighted by atomic mass is 32.2. The quantitative estimate of drug-likeness (QED) is 0.509. The number of thiazole rings is 1. The smallest absolute Gasteiger partial charge is 0.266 e. The number of sulfonamides is 1. The number of methoxy groups -OCH3 is 2. The van der Waals surface area contributed by atoms with Gasteiger partial charge in [0.1, 0.15) is 11.8 Å². The molecule has 1 fully saturated rings. The Morgan fingerprint density at radius 3 is 2.64 bits per heavy atom. The number of fused-ring (bicyclic) bond motifs is 1. The largest absolute Gasteiger partial charge is 0.497 e. The first-order chi connectivity index (χ1) is 15.8. The van der Waals surface area contributed by atoms with Crippen LogP contribution < -0.4 is 9.54 Å². The molecular formula is C23H27N3O5S2. The third-order valence-corrected chi connectivity index (χ3v) is 8.69. The van der Waals surface area contributed by atoms with Gasteiger partial charge >= 0.3 is 0 Å². The SMILES string of the molecule is COCCn1c(=NC(=O)C2CCCN2S(=O)(=O)c2ccc(C)cc2)sc2cc(OC)ccc21. The van der Waals surface area contributed by atoms with Crippen LogP contribution in [-0.4, -0.2) is 56.6 Å². The predicted molar refractivity (Wildman–Crippen MR) is 127 cm³/mol. The van der Waals surface area contributed by atoms with Crippen LogP contribution in [-0.2, 0) is 26.1 Å². The van der Waals surface area contributed by atoms with Gasteiger partial charge in [-0.25, -0.2) is 8.42 Å². The van der Waals surface area contributed by atoms with Gasteiger partial charge in [0, 0.05) is 20.2 Å². The van der Waals surface area contributed by atoms with Gasteiger partial charge in [-0.3, -0.25) is 4.79 Å². The van der Waals surface area contributed by atoms with Crippen molar-refractivity contribution >= 4 is 37.5 Å². The van der Waals surface area contributed by atoms with E-state index in [-0.39, 0.29) is 4.90 Å². The fraction of sp³-hybridized carbons (Fsp3) is 0.391.